The van der Waals surface area contributed by atoms with Crippen LogP contribution in [-0.4, -0.2) is 41.1 Å². The number of benzene rings is 1. The molecule has 3 aliphatic rings. The van der Waals surface area contributed by atoms with Gasteiger partial charge in [-0.05, 0) is 64.4 Å². The Balaban J connectivity index is 1.50. The van der Waals surface area contributed by atoms with Gasteiger partial charge in [0.05, 0.1) is 16.8 Å². The van der Waals surface area contributed by atoms with Crippen molar-refractivity contribution in [2.45, 2.75) is 95.1 Å². The Morgan fingerprint density at radius 1 is 1.08 bits per heavy atom. The van der Waals surface area contributed by atoms with E-state index in [-0.39, 0.29) is 18.3 Å². The van der Waals surface area contributed by atoms with Gasteiger partial charge in [0.15, 0.2) is 0 Å². The quantitative estimate of drug-likeness (QED) is 0.817. The summed E-state index contributed by atoms with van der Waals surface area (Å²) in [6.45, 7) is 8.31. The van der Waals surface area contributed by atoms with Crippen LogP contribution in [0.2, 0.25) is 0 Å². The third-order valence-corrected chi connectivity index (χ3v) is 6.84. The summed E-state index contributed by atoms with van der Waals surface area (Å²) in [5, 5.41) is 14.9. The molecule has 0 aliphatic carbocycles. The van der Waals surface area contributed by atoms with E-state index >= 15 is 0 Å². The van der Waals surface area contributed by atoms with Gasteiger partial charge in [-0.25, -0.2) is 0 Å². The molecule has 0 amide bonds. The molecule has 3 aliphatic heterocycles. The molecule has 3 fully saturated rings. The summed E-state index contributed by atoms with van der Waals surface area (Å²) in [6, 6.07) is 9.33. The molecule has 5 heteroatoms. The van der Waals surface area contributed by atoms with Crippen LogP contribution in [0.5, 0.6) is 0 Å². The van der Waals surface area contributed by atoms with E-state index < -0.39 is 5.60 Å². The van der Waals surface area contributed by atoms with Gasteiger partial charge in [0.1, 0.15) is 0 Å². The first-order valence-electron chi connectivity index (χ1n) is 10.1. The molecular formula is C21H32BNO3. The van der Waals surface area contributed by atoms with Gasteiger partial charge in [0.25, 0.3) is 0 Å². The summed E-state index contributed by atoms with van der Waals surface area (Å²) < 4.78 is 12.4. The average Bonchev–Trinajstić information content (AvgIpc) is 2.75. The average molecular weight is 357 g/mol. The maximum atomic E-state index is 11.3. The maximum absolute atomic E-state index is 11.3. The first-order chi connectivity index (χ1) is 12.2. The van der Waals surface area contributed by atoms with Crippen molar-refractivity contribution < 1.29 is 14.4 Å². The second kappa shape index (κ2) is 6.34. The molecule has 4 nitrogen and oxygen atoms in total. The zero-order chi connectivity index (χ0) is 18.6. The number of hydrogen-bond donors (Lipinski definition) is 2. The molecule has 0 radical (unpaired) electrons. The predicted molar refractivity (Wildman–Crippen MR) is 105 cm³/mol. The molecule has 0 saturated carbocycles. The van der Waals surface area contributed by atoms with Gasteiger partial charge in [-0.3, -0.25) is 0 Å². The number of fused-ring (bicyclic) bond motifs is 2. The first-order valence-corrected chi connectivity index (χ1v) is 10.1. The summed E-state index contributed by atoms with van der Waals surface area (Å²) in [5.74, 6) is 0. The molecule has 1 aromatic carbocycles. The lowest BCUT2D eigenvalue weighted by molar-refractivity contribution is -0.0302. The van der Waals surface area contributed by atoms with Crippen LogP contribution in [0.1, 0.15) is 65.4 Å². The van der Waals surface area contributed by atoms with Crippen molar-refractivity contribution in [2.24, 2.45) is 0 Å². The lowest BCUT2D eigenvalue weighted by atomic mass is 9.73. The molecule has 2 atom stereocenters. The topological polar surface area (TPSA) is 50.7 Å². The zero-order valence-corrected chi connectivity index (χ0v) is 16.5. The minimum atomic E-state index is -0.602. The standard InChI is InChI=1S/C21H32BNO3/c1-19(2)20(3,4)26-22(25-19)16-8-5-7-15(11-16)12-21(24)13-17-9-6-10-18(14-21)23-17/h5,7-8,11,17-18,23-24H,6,9-10,12-14H2,1-4H3. The summed E-state index contributed by atoms with van der Waals surface area (Å²) in [4.78, 5) is 0. The Morgan fingerprint density at radius 2 is 1.69 bits per heavy atom. The van der Waals surface area contributed by atoms with Crippen molar-refractivity contribution in [3.8, 4) is 0 Å². The highest BCUT2D eigenvalue weighted by molar-refractivity contribution is 6.62. The van der Waals surface area contributed by atoms with E-state index in [9.17, 15) is 5.11 Å². The number of aliphatic hydroxyl groups is 1. The van der Waals surface area contributed by atoms with Gasteiger partial charge in [0.2, 0.25) is 0 Å². The summed E-state index contributed by atoms with van der Waals surface area (Å²) in [6.07, 6.45) is 6.07. The third-order valence-electron chi connectivity index (χ3n) is 6.84. The van der Waals surface area contributed by atoms with Gasteiger partial charge in [0, 0.05) is 18.5 Å². The molecule has 4 rings (SSSR count). The van der Waals surface area contributed by atoms with Crippen LogP contribution in [0.3, 0.4) is 0 Å². The third kappa shape index (κ3) is 3.47. The van der Waals surface area contributed by atoms with Crippen molar-refractivity contribution >= 4 is 12.6 Å². The number of rotatable bonds is 3. The highest BCUT2D eigenvalue weighted by atomic mass is 16.7. The van der Waals surface area contributed by atoms with Crippen LogP contribution in [0, 0.1) is 0 Å². The predicted octanol–water partition coefficient (Wildman–Crippen LogP) is 2.56. The van der Waals surface area contributed by atoms with E-state index in [1.807, 2.05) is 0 Å². The van der Waals surface area contributed by atoms with Crippen molar-refractivity contribution in [2.75, 3.05) is 0 Å². The fourth-order valence-electron chi connectivity index (χ4n) is 4.79. The first kappa shape index (κ1) is 18.5. The fraction of sp³-hybridized carbons (Fsp3) is 0.714. The molecule has 1 aromatic rings. The Morgan fingerprint density at radius 3 is 2.31 bits per heavy atom. The van der Waals surface area contributed by atoms with E-state index in [2.05, 4.69) is 57.3 Å². The van der Waals surface area contributed by atoms with Crippen LogP contribution in [-0.2, 0) is 15.7 Å². The van der Waals surface area contributed by atoms with Gasteiger partial charge in [-0.2, -0.15) is 0 Å². The molecule has 2 N–H and O–H groups in total. The fourth-order valence-corrected chi connectivity index (χ4v) is 4.79. The summed E-state index contributed by atoms with van der Waals surface area (Å²) in [5.41, 5.74) is 0.935. The summed E-state index contributed by atoms with van der Waals surface area (Å²) in [7, 11) is -0.345. The minimum Gasteiger partial charge on any atom is -0.399 e. The molecule has 0 spiro atoms. The lowest BCUT2D eigenvalue weighted by Gasteiger charge is -2.45. The SMILES string of the molecule is CC1(C)OB(c2cccc(CC3(O)CC4CCCC(C3)N4)c2)OC1(C)C. The van der Waals surface area contributed by atoms with Crippen LogP contribution in [0.25, 0.3) is 0 Å². The van der Waals surface area contributed by atoms with Crippen molar-refractivity contribution in [1.82, 2.24) is 5.32 Å². The van der Waals surface area contributed by atoms with Crippen molar-refractivity contribution in [3.05, 3.63) is 29.8 Å². The van der Waals surface area contributed by atoms with Crippen LogP contribution < -0.4 is 10.8 Å². The van der Waals surface area contributed by atoms with Gasteiger partial charge in [-0.15, -0.1) is 0 Å². The van der Waals surface area contributed by atoms with Gasteiger partial charge >= 0.3 is 7.12 Å². The molecule has 2 bridgehead atoms. The van der Waals surface area contributed by atoms with E-state index in [1.165, 1.54) is 24.8 Å². The Bertz CT molecular complexity index is 647. The van der Waals surface area contributed by atoms with E-state index in [4.69, 9.17) is 9.31 Å². The highest BCUT2D eigenvalue weighted by Crippen LogP contribution is 2.37. The molecule has 2 unspecified atom stereocenters. The number of hydrogen-bond acceptors (Lipinski definition) is 4. The highest BCUT2D eigenvalue weighted by Gasteiger charge is 2.51. The Labute approximate surface area is 157 Å². The largest absolute Gasteiger partial charge is 0.494 e. The zero-order valence-electron chi connectivity index (χ0n) is 16.5. The number of nitrogens with one attached hydrogen (secondary N) is 1. The monoisotopic (exact) mass is 357 g/mol. The minimum absolute atomic E-state index is 0.335. The van der Waals surface area contributed by atoms with E-state index in [0.29, 0.717) is 18.5 Å². The molecule has 3 heterocycles. The molecular weight excluding hydrogens is 325 g/mol. The maximum Gasteiger partial charge on any atom is 0.494 e. The van der Waals surface area contributed by atoms with Gasteiger partial charge < -0.3 is 19.7 Å². The van der Waals surface area contributed by atoms with Crippen LogP contribution >= 0.6 is 0 Å². The molecule has 142 valence electrons. The molecule has 3 saturated heterocycles. The van der Waals surface area contributed by atoms with Crippen molar-refractivity contribution in [1.29, 1.82) is 0 Å². The van der Waals surface area contributed by atoms with Gasteiger partial charge in [-0.1, -0.05) is 30.7 Å². The van der Waals surface area contributed by atoms with Crippen LogP contribution in [0.15, 0.2) is 24.3 Å². The lowest BCUT2D eigenvalue weighted by Crippen LogP contribution is -2.56. The molecule has 26 heavy (non-hydrogen) atoms. The van der Waals surface area contributed by atoms with E-state index in [0.717, 1.165) is 18.3 Å². The van der Waals surface area contributed by atoms with E-state index in [1.54, 1.807) is 0 Å². The number of piperidine rings is 2. The smallest absolute Gasteiger partial charge is 0.399 e. The normalized spacial score (nSPS) is 35.5. The van der Waals surface area contributed by atoms with Crippen molar-refractivity contribution in [3.63, 3.8) is 0 Å². The van der Waals surface area contributed by atoms with Crippen LogP contribution in [0.4, 0.5) is 0 Å². The Hall–Kier alpha value is -0.875. The second-order valence-corrected chi connectivity index (χ2v) is 9.63. The summed E-state index contributed by atoms with van der Waals surface area (Å²) >= 11 is 0. The second-order valence-electron chi connectivity index (χ2n) is 9.63. The Kier molecular flexibility index (Phi) is 4.50. The molecule has 0 aromatic heterocycles.